The summed E-state index contributed by atoms with van der Waals surface area (Å²) in [7, 11) is 0. The number of benzene rings is 4. The SMILES string of the molecule is Nc1cc(N2C(=O)N(c3ccc(F)c(N)c3)[C@H](Cc3ccccc3)[C@H](O)[C@H]2CCc2ccccc2)ccc1F. The van der Waals surface area contributed by atoms with Crippen molar-refractivity contribution in [2.75, 3.05) is 21.3 Å². The van der Waals surface area contributed by atoms with Gasteiger partial charge in [0, 0.05) is 11.4 Å². The molecule has 0 bridgehead atoms. The van der Waals surface area contributed by atoms with Crippen LogP contribution in [-0.2, 0) is 12.8 Å². The molecular formula is C31H30F2N4O2. The lowest BCUT2D eigenvalue weighted by Crippen LogP contribution is -2.67. The second kappa shape index (κ2) is 11.1. The molecule has 0 radical (unpaired) electrons. The Morgan fingerprint density at radius 2 is 1.18 bits per heavy atom. The van der Waals surface area contributed by atoms with Crippen LogP contribution in [-0.4, -0.2) is 29.3 Å². The van der Waals surface area contributed by atoms with Crippen LogP contribution in [0.15, 0.2) is 97.1 Å². The summed E-state index contributed by atoms with van der Waals surface area (Å²) in [5, 5.41) is 12.0. The number of hydrogen-bond donors (Lipinski definition) is 3. The highest BCUT2D eigenvalue weighted by Gasteiger charge is 2.47. The van der Waals surface area contributed by atoms with E-state index in [-0.39, 0.29) is 11.4 Å². The number of halogens is 2. The smallest absolute Gasteiger partial charge is 0.329 e. The summed E-state index contributed by atoms with van der Waals surface area (Å²) in [6, 6.07) is 25.7. The molecule has 0 aromatic heterocycles. The zero-order valence-corrected chi connectivity index (χ0v) is 21.3. The fraction of sp³-hybridized carbons (Fsp3) is 0.194. The number of carbonyl (C=O) groups is 1. The minimum atomic E-state index is -1.02. The molecule has 0 unspecified atom stereocenters. The Morgan fingerprint density at radius 1 is 0.692 bits per heavy atom. The van der Waals surface area contributed by atoms with Crippen molar-refractivity contribution in [1.29, 1.82) is 0 Å². The third-order valence-corrected chi connectivity index (χ3v) is 7.24. The van der Waals surface area contributed by atoms with Gasteiger partial charge in [-0.05, 0) is 66.8 Å². The Labute approximate surface area is 226 Å². The largest absolute Gasteiger partial charge is 0.396 e. The maximum atomic E-state index is 14.4. The van der Waals surface area contributed by atoms with Crippen LogP contribution in [0.5, 0.6) is 0 Å². The van der Waals surface area contributed by atoms with E-state index in [0.29, 0.717) is 30.6 Å². The van der Waals surface area contributed by atoms with Gasteiger partial charge < -0.3 is 16.6 Å². The van der Waals surface area contributed by atoms with Gasteiger partial charge in [-0.1, -0.05) is 60.7 Å². The molecule has 0 aliphatic carbocycles. The van der Waals surface area contributed by atoms with E-state index in [9.17, 15) is 18.7 Å². The van der Waals surface area contributed by atoms with Crippen LogP contribution in [0.2, 0.25) is 0 Å². The third-order valence-electron chi connectivity index (χ3n) is 7.24. The average Bonchev–Trinajstić information content (AvgIpc) is 2.94. The normalized spacial score (nSPS) is 19.4. The quantitative estimate of drug-likeness (QED) is 0.274. The van der Waals surface area contributed by atoms with Crippen LogP contribution in [0.3, 0.4) is 0 Å². The summed E-state index contributed by atoms with van der Waals surface area (Å²) in [5.41, 5.74) is 14.2. The number of aryl methyl sites for hydroxylation is 1. The second-order valence-corrected chi connectivity index (χ2v) is 9.77. The Kier molecular flexibility index (Phi) is 7.47. The first kappa shape index (κ1) is 26.2. The Bertz CT molecular complexity index is 1450. The molecular weight excluding hydrogens is 498 g/mol. The van der Waals surface area contributed by atoms with Crippen molar-refractivity contribution in [2.24, 2.45) is 0 Å². The minimum absolute atomic E-state index is 0.111. The van der Waals surface area contributed by atoms with Gasteiger partial charge in [0.05, 0.1) is 29.6 Å². The molecule has 1 aliphatic heterocycles. The summed E-state index contributed by atoms with van der Waals surface area (Å²) in [4.78, 5) is 17.3. The molecule has 200 valence electrons. The van der Waals surface area contributed by atoms with Gasteiger partial charge in [-0.3, -0.25) is 9.80 Å². The van der Waals surface area contributed by atoms with Crippen molar-refractivity contribution < 1.29 is 18.7 Å². The van der Waals surface area contributed by atoms with E-state index in [4.69, 9.17) is 11.5 Å². The third kappa shape index (κ3) is 5.42. The van der Waals surface area contributed by atoms with Crippen molar-refractivity contribution >= 4 is 28.8 Å². The molecule has 3 atom stereocenters. The number of urea groups is 1. The number of aliphatic hydroxyl groups is 1. The van der Waals surface area contributed by atoms with E-state index in [1.165, 1.54) is 46.2 Å². The van der Waals surface area contributed by atoms with Gasteiger partial charge >= 0.3 is 6.03 Å². The van der Waals surface area contributed by atoms with E-state index < -0.39 is 35.9 Å². The Balaban J connectivity index is 1.61. The zero-order chi connectivity index (χ0) is 27.5. The maximum absolute atomic E-state index is 14.4. The van der Waals surface area contributed by atoms with Crippen molar-refractivity contribution in [3.8, 4) is 0 Å². The summed E-state index contributed by atoms with van der Waals surface area (Å²) < 4.78 is 28.2. The van der Waals surface area contributed by atoms with E-state index >= 15 is 0 Å². The van der Waals surface area contributed by atoms with Gasteiger partial charge in [0.15, 0.2) is 0 Å². The standard InChI is InChI=1S/C31H30F2N4O2/c32-24-14-12-22(18-26(24)34)36-28(16-11-20-7-3-1-4-8-20)30(38)29(17-21-9-5-2-6-10-21)37(31(36)39)23-13-15-25(33)27(35)19-23/h1-10,12-15,18-19,28-30,38H,11,16-17,34-35H2/t28-,29-,30-/m1/s1. The van der Waals surface area contributed by atoms with Crippen molar-refractivity contribution in [3.05, 3.63) is 120 Å². The van der Waals surface area contributed by atoms with E-state index in [0.717, 1.165) is 11.1 Å². The summed E-state index contributed by atoms with van der Waals surface area (Å²) in [6.45, 7) is 0. The monoisotopic (exact) mass is 528 g/mol. The van der Waals surface area contributed by atoms with Gasteiger partial charge in [0.25, 0.3) is 0 Å². The summed E-state index contributed by atoms with van der Waals surface area (Å²) in [5.74, 6) is -1.21. The minimum Gasteiger partial charge on any atom is -0.396 e. The number of nitrogen functional groups attached to an aromatic ring is 2. The van der Waals surface area contributed by atoms with Gasteiger partial charge in [-0.2, -0.15) is 0 Å². The highest BCUT2D eigenvalue weighted by Crippen LogP contribution is 2.37. The van der Waals surface area contributed by atoms with Crippen LogP contribution >= 0.6 is 0 Å². The number of nitrogens with two attached hydrogens (primary N) is 2. The van der Waals surface area contributed by atoms with Gasteiger partial charge in [-0.25, -0.2) is 13.6 Å². The lowest BCUT2D eigenvalue weighted by atomic mass is 9.87. The van der Waals surface area contributed by atoms with Crippen LogP contribution < -0.4 is 21.3 Å². The first-order chi connectivity index (χ1) is 18.8. The lowest BCUT2D eigenvalue weighted by Gasteiger charge is -2.49. The molecule has 0 saturated carbocycles. The molecule has 8 heteroatoms. The molecule has 0 spiro atoms. The number of carbonyl (C=O) groups excluding carboxylic acids is 1. The van der Waals surface area contributed by atoms with E-state index in [2.05, 4.69) is 0 Å². The highest BCUT2D eigenvalue weighted by atomic mass is 19.1. The maximum Gasteiger partial charge on any atom is 0.329 e. The molecule has 5 N–H and O–H groups in total. The van der Waals surface area contributed by atoms with Crippen LogP contribution in [0, 0.1) is 11.6 Å². The molecule has 1 fully saturated rings. The number of nitrogens with zero attached hydrogens (tertiary/aromatic N) is 2. The molecule has 2 amide bonds. The van der Waals surface area contributed by atoms with Crippen molar-refractivity contribution in [2.45, 2.75) is 37.5 Å². The number of rotatable bonds is 7. The topological polar surface area (TPSA) is 95.8 Å². The van der Waals surface area contributed by atoms with Crippen molar-refractivity contribution in [1.82, 2.24) is 0 Å². The summed E-state index contributed by atoms with van der Waals surface area (Å²) in [6.07, 6.45) is 0.375. The van der Waals surface area contributed by atoms with Crippen LogP contribution in [0.4, 0.5) is 36.3 Å². The number of amides is 2. The predicted octanol–water partition coefficient (Wildman–Crippen LogP) is 5.55. The van der Waals surface area contributed by atoms with Gasteiger partial charge in [0.1, 0.15) is 11.6 Å². The lowest BCUT2D eigenvalue weighted by molar-refractivity contribution is 0.0958. The Hall–Kier alpha value is -4.43. The summed E-state index contributed by atoms with van der Waals surface area (Å²) >= 11 is 0. The number of hydrogen-bond acceptors (Lipinski definition) is 4. The Morgan fingerprint density at radius 3 is 1.69 bits per heavy atom. The molecule has 5 rings (SSSR count). The fourth-order valence-electron chi connectivity index (χ4n) is 5.25. The fourth-order valence-corrected chi connectivity index (χ4v) is 5.25. The van der Waals surface area contributed by atoms with Gasteiger partial charge in [-0.15, -0.1) is 0 Å². The highest BCUT2D eigenvalue weighted by molar-refractivity contribution is 6.06. The molecule has 1 saturated heterocycles. The average molecular weight is 529 g/mol. The number of anilines is 4. The molecule has 6 nitrogen and oxygen atoms in total. The first-order valence-corrected chi connectivity index (χ1v) is 12.8. The second-order valence-electron chi connectivity index (χ2n) is 9.77. The van der Waals surface area contributed by atoms with E-state index in [1.807, 2.05) is 60.7 Å². The van der Waals surface area contributed by atoms with Crippen LogP contribution in [0.1, 0.15) is 17.5 Å². The molecule has 1 aliphatic rings. The molecule has 4 aromatic carbocycles. The molecule has 4 aromatic rings. The van der Waals surface area contributed by atoms with Gasteiger partial charge in [0.2, 0.25) is 0 Å². The van der Waals surface area contributed by atoms with Crippen molar-refractivity contribution in [3.63, 3.8) is 0 Å². The number of aliphatic hydroxyl groups excluding tert-OH is 1. The van der Waals surface area contributed by atoms with E-state index in [1.54, 1.807) is 0 Å². The predicted molar refractivity (Wildman–Crippen MR) is 150 cm³/mol. The molecule has 1 heterocycles. The first-order valence-electron chi connectivity index (χ1n) is 12.8. The van der Waals surface area contributed by atoms with Crippen LogP contribution in [0.25, 0.3) is 0 Å². The zero-order valence-electron chi connectivity index (χ0n) is 21.3. The molecule has 39 heavy (non-hydrogen) atoms.